The number of anilines is 1. The zero-order valence-electron chi connectivity index (χ0n) is 11.3. The van der Waals surface area contributed by atoms with Gasteiger partial charge < -0.3 is 15.0 Å². The number of benzene rings is 1. The number of rotatable bonds is 2. The van der Waals surface area contributed by atoms with Crippen LogP contribution in [0.5, 0.6) is 5.88 Å². The van der Waals surface area contributed by atoms with Crippen LogP contribution >= 0.6 is 0 Å². The quantitative estimate of drug-likeness (QED) is 0.883. The Morgan fingerprint density at radius 2 is 2.00 bits per heavy atom. The van der Waals surface area contributed by atoms with Crippen molar-refractivity contribution < 1.29 is 4.74 Å². The minimum Gasteiger partial charge on any atom is -0.478 e. The lowest BCUT2D eigenvalue weighted by Gasteiger charge is -2.35. The van der Waals surface area contributed by atoms with Crippen LogP contribution in [-0.4, -0.2) is 42.8 Å². The average Bonchev–Trinajstić information content (AvgIpc) is 2.46. The lowest BCUT2D eigenvalue weighted by Crippen LogP contribution is -2.50. The lowest BCUT2D eigenvalue weighted by molar-refractivity contribution is 0.392. The van der Waals surface area contributed by atoms with Crippen molar-refractivity contribution in [2.75, 3.05) is 31.6 Å². The van der Waals surface area contributed by atoms with Gasteiger partial charge in [0.05, 0.1) is 18.1 Å². The monoisotopic (exact) mass is 258 g/mol. The van der Waals surface area contributed by atoms with Crippen LogP contribution in [0.15, 0.2) is 24.3 Å². The fraction of sp³-hybridized carbons (Fsp3) is 0.429. The average molecular weight is 258 g/mol. The van der Waals surface area contributed by atoms with Crippen LogP contribution in [0.4, 0.5) is 5.82 Å². The Kier molecular flexibility index (Phi) is 3.21. The van der Waals surface area contributed by atoms with E-state index in [4.69, 9.17) is 9.72 Å². The number of hydrogen-bond donors (Lipinski definition) is 1. The number of piperazine rings is 1. The standard InChI is InChI=1S/C14H18N4O/c1-10-9-15-7-8-18(10)13-14(19-2)17-12-6-4-3-5-11(12)16-13/h3-6,10,15H,7-9H2,1-2H3. The molecule has 0 aliphatic carbocycles. The maximum Gasteiger partial charge on any atom is 0.257 e. The van der Waals surface area contributed by atoms with E-state index in [0.29, 0.717) is 11.9 Å². The van der Waals surface area contributed by atoms with Gasteiger partial charge >= 0.3 is 0 Å². The van der Waals surface area contributed by atoms with Crippen molar-refractivity contribution in [1.29, 1.82) is 0 Å². The van der Waals surface area contributed by atoms with Crippen molar-refractivity contribution >= 4 is 16.9 Å². The Labute approximate surface area is 112 Å². The van der Waals surface area contributed by atoms with Gasteiger partial charge in [0.2, 0.25) is 0 Å². The van der Waals surface area contributed by atoms with Crippen molar-refractivity contribution in [2.45, 2.75) is 13.0 Å². The predicted octanol–water partition coefficient (Wildman–Crippen LogP) is 1.44. The number of fused-ring (bicyclic) bond motifs is 1. The van der Waals surface area contributed by atoms with Crippen LogP contribution < -0.4 is 15.0 Å². The molecule has 19 heavy (non-hydrogen) atoms. The van der Waals surface area contributed by atoms with Crippen molar-refractivity contribution in [3.05, 3.63) is 24.3 Å². The van der Waals surface area contributed by atoms with Gasteiger partial charge in [0.15, 0.2) is 5.82 Å². The normalized spacial score (nSPS) is 19.7. The van der Waals surface area contributed by atoms with E-state index in [1.54, 1.807) is 7.11 Å². The summed E-state index contributed by atoms with van der Waals surface area (Å²) < 4.78 is 5.42. The Balaban J connectivity index is 2.10. The van der Waals surface area contributed by atoms with Crippen molar-refractivity contribution in [3.8, 4) is 5.88 Å². The molecule has 5 heteroatoms. The summed E-state index contributed by atoms with van der Waals surface area (Å²) in [5.41, 5.74) is 1.77. The molecule has 1 aromatic heterocycles. The molecule has 1 aliphatic heterocycles. The second-order valence-electron chi connectivity index (χ2n) is 4.79. The summed E-state index contributed by atoms with van der Waals surface area (Å²) in [6.07, 6.45) is 0. The molecule has 1 aliphatic rings. The Morgan fingerprint density at radius 1 is 1.26 bits per heavy atom. The van der Waals surface area contributed by atoms with E-state index in [9.17, 15) is 0 Å². The van der Waals surface area contributed by atoms with E-state index < -0.39 is 0 Å². The van der Waals surface area contributed by atoms with Crippen LogP contribution in [-0.2, 0) is 0 Å². The van der Waals surface area contributed by atoms with Crippen LogP contribution in [0, 0.1) is 0 Å². The van der Waals surface area contributed by atoms with E-state index in [0.717, 1.165) is 36.5 Å². The van der Waals surface area contributed by atoms with Crippen LogP contribution in [0.3, 0.4) is 0 Å². The molecule has 5 nitrogen and oxygen atoms in total. The fourth-order valence-corrected chi connectivity index (χ4v) is 2.45. The fourth-order valence-electron chi connectivity index (χ4n) is 2.45. The SMILES string of the molecule is COc1nc2ccccc2nc1N1CCNCC1C. The number of ether oxygens (including phenoxy) is 1. The summed E-state index contributed by atoms with van der Waals surface area (Å²) in [6.45, 7) is 5.02. The third kappa shape index (κ3) is 2.21. The Morgan fingerprint density at radius 3 is 2.68 bits per heavy atom. The highest BCUT2D eigenvalue weighted by molar-refractivity contribution is 5.77. The van der Waals surface area contributed by atoms with Gasteiger partial charge in [0.25, 0.3) is 5.88 Å². The van der Waals surface area contributed by atoms with Crippen molar-refractivity contribution in [1.82, 2.24) is 15.3 Å². The topological polar surface area (TPSA) is 50.3 Å². The zero-order valence-corrected chi connectivity index (χ0v) is 11.3. The van der Waals surface area contributed by atoms with E-state index in [2.05, 4.69) is 22.1 Å². The van der Waals surface area contributed by atoms with E-state index in [1.807, 2.05) is 24.3 Å². The summed E-state index contributed by atoms with van der Waals surface area (Å²) >= 11 is 0. The number of hydrogen-bond acceptors (Lipinski definition) is 5. The molecule has 1 aromatic carbocycles. The third-order valence-corrected chi connectivity index (χ3v) is 3.49. The molecule has 1 saturated heterocycles. The maximum atomic E-state index is 5.42. The molecule has 1 fully saturated rings. The first-order chi connectivity index (χ1) is 9.29. The van der Waals surface area contributed by atoms with Gasteiger partial charge in [-0.15, -0.1) is 0 Å². The molecule has 2 heterocycles. The van der Waals surface area contributed by atoms with Gasteiger partial charge in [0.1, 0.15) is 0 Å². The van der Waals surface area contributed by atoms with Crippen molar-refractivity contribution in [3.63, 3.8) is 0 Å². The van der Waals surface area contributed by atoms with E-state index >= 15 is 0 Å². The number of para-hydroxylation sites is 2. The minimum absolute atomic E-state index is 0.387. The van der Waals surface area contributed by atoms with Crippen LogP contribution in [0.1, 0.15) is 6.92 Å². The van der Waals surface area contributed by atoms with E-state index in [-0.39, 0.29) is 0 Å². The zero-order chi connectivity index (χ0) is 13.2. The third-order valence-electron chi connectivity index (χ3n) is 3.49. The number of methoxy groups -OCH3 is 1. The molecule has 1 unspecified atom stereocenters. The number of aromatic nitrogens is 2. The predicted molar refractivity (Wildman–Crippen MR) is 75.8 cm³/mol. The Bertz CT molecular complexity index is 587. The molecule has 0 radical (unpaired) electrons. The molecule has 100 valence electrons. The van der Waals surface area contributed by atoms with E-state index in [1.165, 1.54) is 0 Å². The molecular formula is C14H18N4O. The van der Waals surface area contributed by atoms with Crippen LogP contribution in [0.2, 0.25) is 0 Å². The van der Waals surface area contributed by atoms with Gasteiger partial charge in [-0.2, -0.15) is 0 Å². The summed E-state index contributed by atoms with van der Waals surface area (Å²) in [5.74, 6) is 1.45. The molecular weight excluding hydrogens is 240 g/mol. The first-order valence-electron chi connectivity index (χ1n) is 6.57. The molecule has 0 spiro atoms. The van der Waals surface area contributed by atoms with Gasteiger partial charge in [0, 0.05) is 25.7 Å². The first kappa shape index (κ1) is 12.2. The first-order valence-corrected chi connectivity index (χ1v) is 6.57. The molecule has 1 atom stereocenters. The smallest absolute Gasteiger partial charge is 0.257 e. The number of nitrogens with one attached hydrogen (secondary N) is 1. The summed E-state index contributed by atoms with van der Waals surface area (Å²) in [5, 5.41) is 3.38. The molecule has 2 aromatic rings. The largest absolute Gasteiger partial charge is 0.478 e. The molecule has 1 N–H and O–H groups in total. The number of nitrogens with zero attached hydrogens (tertiary/aromatic N) is 3. The molecule has 0 amide bonds. The second kappa shape index (κ2) is 5.01. The molecule has 0 saturated carbocycles. The molecule has 3 rings (SSSR count). The van der Waals surface area contributed by atoms with Crippen molar-refractivity contribution in [2.24, 2.45) is 0 Å². The highest BCUT2D eigenvalue weighted by atomic mass is 16.5. The van der Waals surface area contributed by atoms with Gasteiger partial charge in [-0.05, 0) is 19.1 Å². The Hall–Kier alpha value is -1.88. The van der Waals surface area contributed by atoms with Gasteiger partial charge in [-0.3, -0.25) is 0 Å². The van der Waals surface area contributed by atoms with Gasteiger partial charge in [-0.1, -0.05) is 12.1 Å². The van der Waals surface area contributed by atoms with Crippen LogP contribution in [0.25, 0.3) is 11.0 Å². The van der Waals surface area contributed by atoms with Gasteiger partial charge in [-0.25, -0.2) is 9.97 Å². The molecule has 0 bridgehead atoms. The lowest BCUT2D eigenvalue weighted by atomic mass is 10.2. The summed E-state index contributed by atoms with van der Waals surface area (Å²) in [6, 6.07) is 8.27. The highest BCUT2D eigenvalue weighted by Gasteiger charge is 2.23. The summed E-state index contributed by atoms with van der Waals surface area (Å²) in [7, 11) is 1.65. The summed E-state index contributed by atoms with van der Waals surface area (Å²) in [4.78, 5) is 11.5. The minimum atomic E-state index is 0.387. The maximum absolute atomic E-state index is 5.42. The second-order valence-corrected chi connectivity index (χ2v) is 4.79. The highest BCUT2D eigenvalue weighted by Crippen LogP contribution is 2.28.